The number of imidazole rings is 1. The minimum atomic E-state index is -2.80. The molecule has 1 saturated carbocycles. The standard InChI is InChI=1S/C22H19F2N5OS/c1-31-19-8-14(17-11-28-20-4-2-3-15(9-25)29(17)20)7-18(16(19)10-26)30-13-21(27)5-6-22(23,24)12-21/h2-4,7-8,11H,5-6,12-13,27H2,1H3/t21-/m0/s1. The Balaban J connectivity index is 1.77. The van der Waals surface area contributed by atoms with Gasteiger partial charge in [0.15, 0.2) is 0 Å². The Morgan fingerprint density at radius 2 is 2.06 bits per heavy atom. The summed E-state index contributed by atoms with van der Waals surface area (Å²) in [5.74, 6) is -2.53. The summed E-state index contributed by atoms with van der Waals surface area (Å²) in [4.78, 5) is 5.03. The summed E-state index contributed by atoms with van der Waals surface area (Å²) in [6, 6.07) is 13.0. The largest absolute Gasteiger partial charge is 0.490 e. The third kappa shape index (κ3) is 3.95. The van der Waals surface area contributed by atoms with E-state index in [0.717, 1.165) is 0 Å². The average molecular weight is 439 g/mol. The van der Waals surface area contributed by atoms with E-state index in [9.17, 15) is 19.3 Å². The number of nitrogens with zero attached hydrogens (tertiary/aromatic N) is 4. The minimum Gasteiger partial charge on any atom is -0.490 e. The van der Waals surface area contributed by atoms with Crippen LogP contribution in [0.3, 0.4) is 0 Å². The Kier molecular flexibility index (Phi) is 5.34. The maximum absolute atomic E-state index is 13.7. The van der Waals surface area contributed by atoms with Gasteiger partial charge in [0.25, 0.3) is 0 Å². The van der Waals surface area contributed by atoms with Gasteiger partial charge in [-0.25, -0.2) is 13.8 Å². The summed E-state index contributed by atoms with van der Waals surface area (Å²) in [6.45, 7) is -0.120. The molecular weight excluding hydrogens is 420 g/mol. The number of rotatable bonds is 5. The molecule has 1 atom stereocenters. The first-order chi connectivity index (χ1) is 14.8. The number of aromatic nitrogens is 2. The van der Waals surface area contributed by atoms with Crippen molar-refractivity contribution in [3.63, 3.8) is 0 Å². The third-order valence-electron chi connectivity index (χ3n) is 5.45. The fraction of sp³-hybridized carbons (Fsp3) is 0.318. The molecular formula is C22H19F2N5OS. The summed E-state index contributed by atoms with van der Waals surface area (Å²) in [5, 5.41) is 19.2. The normalized spacial score (nSPS) is 19.8. The average Bonchev–Trinajstić information content (AvgIpc) is 3.31. The lowest BCUT2D eigenvalue weighted by Gasteiger charge is -2.24. The van der Waals surface area contributed by atoms with E-state index in [0.29, 0.717) is 33.1 Å². The van der Waals surface area contributed by atoms with Crippen LogP contribution in [0.15, 0.2) is 41.4 Å². The molecule has 0 bridgehead atoms. The van der Waals surface area contributed by atoms with Gasteiger partial charge in [0.05, 0.1) is 17.4 Å². The Bertz CT molecular complexity index is 1240. The van der Waals surface area contributed by atoms with Gasteiger partial charge in [0.1, 0.15) is 41.4 Å². The van der Waals surface area contributed by atoms with Crippen LogP contribution in [-0.2, 0) is 0 Å². The van der Waals surface area contributed by atoms with Gasteiger partial charge >= 0.3 is 0 Å². The third-order valence-corrected chi connectivity index (χ3v) is 6.21. The van der Waals surface area contributed by atoms with Crippen molar-refractivity contribution in [3.05, 3.63) is 47.8 Å². The van der Waals surface area contributed by atoms with E-state index in [1.54, 1.807) is 34.9 Å². The van der Waals surface area contributed by atoms with Crippen LogP contribution in [0.4, 0.5) is 8.78 Å². The van der Waals surface area contributed by atoms with Crippen LogP contribution < -0.4 is 10.5 Å². The molecule has 0 saturated heterocycles. The Morgan fingerprint density at radius 3 is 2.71 bits per heavy atom. The molecule has 0 unspecified atom stereocenters. The second kappa shape index (κ2) is 7.84. The van der Waals surface area contributed by atoms with E-state index in [1.807, 2.05) is 12.3 Å². The first-order valence-corrected chi connectivity index (χ1v) is 10.8. The molecule has 1 aliphatic rings. The minimum absolute atomic E-state index is 0.120. The predicted molar refractivity (Wildman–Crippen MR) is 113 cm³/mol. The van der Waals surface area contributed by atoms with Crippen LogP contribution in [0.2, 0.25) is 0 Å². The van der Waals surface area contributed by atoms with E-state index < -0.39 is 17.9 Å². The number of benzene rings is 1. The molecule has 2 aromatic heterocycles. The van der Waals surface area contributed by atoms with E-state index in [4.69, 9.17) is 10.5 Å². The SMILES string of the molecule is CSc1cc(-c2cnc3cccc(C#N)n23)cc(OC[C@]2(N)CCC(F)(F)C2)c1C#N. The molecule has 0 aliphatic heterocycles. The Hall–Kier alpha value is -3.14. The van der Waals surface area contributed by atoms with Crippen molar-refractivity contribution >= 4 is 17.4 Å². The van der Waals surface area contributed by atoms with Crippen molar-refractivity contribution in [1.29, 1.82) is 10.5 Å². The lowest BCUT2D eigenvalue weighted by atomic mass is 10.0. The summed E-state index contributed by atoms with van der Waals surface area (Å²) < 4.78 is 34.9. The van der Waals surface area contributed by atoms with Crippen molar-refractivity contribution < 1.29 is 13.5 Å². The number of nitrogens with two attached hydrogens (primary N) is 1. The van der Waals surface area contributed by atoms with Crippen molar-refractivity contribution in [2.45, 2.75) is 35.6 Å². The maximum atomic E-state index is 13.7. The van der Waals surface area contributed by atoms with Crippen LogP contribution in [0.1, 0.15) is 30.5 Å². The van der Waals surface area contributed by atoms with Crippen LogP contribution in [0, 0.1) is 22.7 Å². The molecule has 0 spiro atoms. The Labute approximate surface area is 182 Å². The van der Waals surface area contributed by atoms with Gasteiger partial charge in [0, 0.05) is 23.3 Å². The van der Waals surface area contributed by atoms with E-state index >= 15 is 0 Å². The summed E-state index contributed by atoms with van der Waals surface area (Å²) >= 11 is 1.37. The quantitative estimate of drug-likeness (QED) is 0.593. The number of nitriles is 2. The van der Waals surface area contributed by atoms with E-state index in [2.05, 4.69) is 17.1 Å². The molecule has 1 aliphatic carbocycles. The highest BCUT2D eigenvalue weighted by Gasteiger charge is 2.47. The highest BCUT2D eigenvalue weighted by Crippen LogP contribution is 2.41. The number of thioether (sulfide) groups is 1. The van der Waals surface area contributed by atoms with Gasteiger partial charge in [-0.2, -0.15) is 10.5 Å². The fourth-order valence-corrected chi connectivity index (χ4v) is 4.51. The summed E-state index contributed by atoms with van der Waals surface area (Å²) in [5.41, 5.74) is 7.69. The predicted octanol–water partition coefficient (Wildman–Crippen LogP) is 4.36. The van der Waals surface area contributed by atoms with Gasteiger partial charge in [-0.1, -0.05) is 6.07 Å². The van der Waals surface area contributed by atoms with E-state index in [1.165, 1.54) is 11.8 Å². The molecule has 4 rings (SSSR count). The van der Waals surface area contributed by atoms with Crippen molar-refractivity contribution in [1.82, 2.24) is 9.38 Å². The maximum Gasteiger partial charge on any atom is 0.250 e. The number of ether oxygens (including phenoxy) is 1. The molecule has 9 heteroatoms. The van der Waals surface area contributed by atoms with Crippen molar-refractivity contribution in [2.24, 2.45) is 5.73 Å². The molecule has 0 radical (unpaired) electrons. The van der Waals surface area contributed by atoms with E-state index in [-0.39, 0.29) is 25.2 Å². The lowest BCUT2D eigenvalue weighted by Crippen LogP contribution is -2.44. The molecule has 158 valence electrons. The molecule has 2 N–H and O–H groups in total. The zero-order chi connectivity index (χ0) is 22.2. The van der Waals surface area contributed by atoms with Crippen molar-refractivity contribution in [3.8, 4) is 29.1 Å². The van der Waals surface area contributed by atoms with Gasteiger partial charge in [0.2, 0.25) is 5.92 Å². The van der Waals surface area contributed by atoms with Gasteiger partial charge in [-0.3, -0.25) is 4.40 Å². The fourth-order valence-electron chi connectivity index (χ4n) is 3.92. The summed E-state index contributed by atoms with van der Waals surface area (Å²) in [7, 11) is 0. The van der Waals surface area contributed by atoms with Crippen LogP contribution in [-0.4, -0.2) is 33.7 Å². The van der Waals surface area contributed by atoms with Crippen LogP contribution in [0.5, 0.6) is 5.75 Å². The Morgan fingerprint density at radius 1 is 1.26 bits per heavy atom. The first kappa shape index (κ1) is 21.1. The number of hydrogen-bond donors (Lipinski definition) is 1. The molecule has 31 heavy (non-hydrogen) atoms. The molecule has 0 amide bonds. The molecule has 2 heterocycles. The van der Waals surface area contributed by atoms with Crippen LogP contribution in [0.25, 0.3) is 16.9 Å². The zero-order valence-corrected chi connectivity index (χ0v) is 17.5. The highest BCUT2D eigenvalue weighted by molar-refractivity contribution is 7.98. The number of alkyl halides is 2. The smallest absolute Gasteiger partial charge is 0.250 e. The molecule has 3 aromatic rings. The molecule has 6 nitrogen and oxygen atoms in total. The number of fused-ring (bicyclic) bond motifs is 1. The second-order valence-electron chi connectivity index (χ2n) is 7.71. The molecule has 1 fully saturated rings. The highest BCUT2D eigenvalue weighted by atomic mass is 32.2. The molecule has 1 aromatic carbocycles. The monoisotopic (exact) mass is 439 g/mol. The van der Waals surface area contributed by atoms with Crippen molar-refractivity contribution in [2.75, 3.05) is 12.9 Å². The zero-order valence-electron chi connectivity index (χ0n) is 16.7. The topological polar surface area (TPSA) is 100 Å². The first-order valence-electron chi connectivity index (χ1n) is 9.58. The summed E-state index contributed by atoms with van der Waals surface area (Å²) in [6.07, 6.45) is 2.91. The number of halogens is 2. The number of hydrogen-bond acceptors (Lipinski definition) is 6. The lowest BCUT2D eigenvalue weighted by molar-refractivity contribution is 0.000376. The van der Waals surface area contributed by atoms with Gasteiger partial charge < -0.3 is 10.5 Å². The number of pyridine rings is 1. The second-order valence-corrected chi connectivity index (χ2v) is 8.56. The van der Waals surface area contributed by atoms with Gasteiger partial charge in [-0.15, -0.1) is 11.8 Å². The van der Waals surface area contributed by atoms with Gasteiger partial charge in [-0.05, 0) is 36.9 Å². The van der Waals surface area contributed by atoms with Crippen LogP contribution >= 0.6 is 11.8 Å².